The standard InChI is InChI=1S/C11H7Cl2FN2O2/c12-8-2-1-7(14)3-6(8)4-16-5-9(13)10(17)15-11(16)18/h1-3,5H,4H2,(H,15,17,18). The number of aromatic nitrogens is 2. The van der Waals surface area contributed by atoms with Gasteiger partial charge in [-0.1, -0.05) is 23.2 Å². The zero-order valence-electron chi connectivity index (χ0n) is 8.91. The minimum Gasteiger partial charge on any atom is -0.295 e. The number of benzene rings is 1. The molecule has 0 fully saturated rings. The highest BCUT2D eigenvalue weighted by molar-refractivity contribution is 6.31. The largest absolute Gasteiger partial charge is 0.328 e. The molecule has 0 spiro atoms. The Labute approximate surface area is 111 Å². The van der Waals surface area contributed by atoms with E-state index in [0.29, 0.717) is 10.6 Å². The van der Waals surface area contributed by atoms with Gasteiger partial charge in [0.1, 0.15) is 10.8 Å². The van der Waals surface area contributed by atoms with Crippen LogP contribution in [0, 0.1) is 5.82 Å². The summed E-state index contributed by atoms with van der Waals surface area (Å²) in [6.45, 7) is 0.0198. The maximum Gasteiger partial charge on any atom is 0.328 e. The van der Waals surface area contributed by atoms with Crippen LogP contribution < -0.4 is 11.2 Å². The topological polar surface area (TPSA) is 54.9 Å². The van der Waals surface area contributed by atoms with Crippen molar-refractivity contribution < 1.29 is 4.39 Å². The molecule has 2 rings (SSSR count). The van der Waals surface area contributed by atoms with Gasteiger partial charge in [0.2, 0.25) is 0 Å². The van der Waals surface area contributed by atoms with E-state index in [2.05, 4.69) is 0 Å². The fourth-order valence-corrected chi connectivity index (χ4v) is 1.79. The number of hydrogen-bond donors (Lipinski definition) is 1. The molecule has 0 saturated heterocycles. The average molecular weight is 289 g/mol. The molecule has 0 atom stereocenters. The third kappa shape index (κ3) is 2.63. The zero-order chi connectivity index (χ0) is 13.3. The molecule has 1 N–H and O–H groups in total. The lowest BCUT2D eigenvalue weighted by atomic mass is 10.2. The van der Waals surface area contributed by atoms with Crippen molar-refractivity contribution in [3.63, 3.8) is 0 Å². The van der Waals surface area contributed by atoms with Crippen LogP contribution in [0.5, 0.6) is 0 Å². The van der Waals surface area contributed by atoms with Crippen LogP contribution in [0.4, 0.5) is 4.39 Å². The van der Waals surface area contributed by atoms with Gasteiger partial charge < -0.3 is 0 Å². The van der Waals surface area contributed by atoms with E-state index in [9.17, 15) is 14.0 Å². The molecule has 0 aliphatic carbocycles. The number of nitrogens with one attached hydrogen (secondary N) is 1. The lowest BCUT2D eigenvalue weighted by molar-refractivity contribution is 0.622. The van der Waals surface area contributed by atoms with Crippen molar-refractivity contribution in [3.8, 4) is 0 Å². The monoisotopic (exact) mass is 288 g/mol. The molecule has 0 aliphatic heterocycles. The summed E-state index contributed by atoms with van der Waals surface area (Å²) in [6.07, 6.45) is 1.18. The summed E-state index contributed by atoms with van der Waals surface area (Å²) >= 11 is 11.5. The van der Waals surface area contributed by atoms with Gasteiger partial charge in [0.15, 0.2) is 0 Å². The van der Waals surface area contributed by atoms with E-state index in [1.54, 1.807) is 0 Å². The Balaban J connectivity index is 2.46. The highest BCUT2D eigenvalue weighted by Gasteiger charge is 2.07. The Hall–Kier alpha value is -1.59. The van der Waals surface area contributed by atoms with E-state index >= 15 is 0 Å². The van der Waals surface area contributed by atoms with Crippen molar-refractivity contribution in [1.82, 2.24) is 9.55 Å². The summed E-state index contributed by atoms with van der Waals surface area (Å²) in [5.74, 6) is -0.460. The maximum atomic E-state index is 13.1. The van der Waals surface area contributed by atoms with Crippen LogP contribution >= 0.6 is 23.2 Å². The van der Waals surface area contributed by atoms with Gasteiger partial charge in [0.25, 0.3) is 5.56 Å². The Bertz CT molecular complexity index is 709. The van der Waals surface area contributed by atoms with Crippen molar-refractivity contribution in [2.75, 3.05) is 0 Å². The maximum absolute atomic E-state index is 13.1. The first kappa shape index (κ1) is 12.9. The van der Waals surface area contributed by atoms with Crippen LogP contribution in [0.3, 0.4) is 0 Å². The summed E-state index contributed by atoms with van der Waals surface area (Å²) in [7, 11) is 0. The van der Waals surface area contributed by atoms with Crippen LogP contribution in [-0.4, -0.2) is 9.55 Å². The van der Waals surface area contributed by atoms with E-state index in [1.165, 1.54) is 24.4 Å². The zero-order valence-corrected chi connectivity index (χ0v) is 10.4. The first-order valence-corrected chi connectivity index (χ1v) is 5.66. The molecule has 1 aromatic heterocycles. The second-order valence-electron chi connectivity index (χ2n) is 3.60. The second-order valence-corrected chi connectivity index (χ2v) is 4.41. The molecule has 0 aliphatic rings. The third-order valence-electron chi connectivity index (χ3n) is 2.32. The molecule has 0 amide bonds. The minimum atomic E-state index is -0.664. The number of halogens is 3. The SMILES string of the molecule is O=c1[nH]c(=O)n(Cc2cc(F)ccc2Cl)cc1Cl. The van der Waals surface area contributed by atoms with E-state index in [4.69, 9.17) is 23.2 Å². The fraction of sp³-hybridized carbons (Fsp3) is 0.0909. The van der Waals surface area contributed by atoms with Gasteiger partial charge in [-0.2, -0.15) is 0 Å². The van der Waals surface area contributed by atoms with Crippen LogP contribution in [0.25, 0.3) is 0 Å². The van der Waals surface area contributed by atoms with E-state index < -0.39 is 17.1 Å². The molecule has 0 bridgehead atoms. The first-order chi connectivity index (χ1) is 8.47. The fourth-order valence-electron chi connectivity index (χ4n) is 1.45. The molecule has 18 heavy (non-hydrogen) atoms. The molecule has 94 valence electrons. The summed E-state index contributed by atoms with van der Waals surface area (Å²) < 4.78 is 14.2. The minimum absolute atomic E-state index is 0.0198. The van der Waals surface area contributed by atoms with Crippen molar-refractivity contribution in [2.24, 2.45) is 0 Å². The second kappa shape index (κ2) is 4.96. The normalized spacial score (nSPS) is 10.6. The number of aromatic amines is 1. The molecule has 0 unspecified atom stereocenters. The summed E-state index contributed by atoms with van der Waals surface area (Å²) in [4.78, 5) is 24.6. The van der Waals surface area contributed by atoms with E-state index in [-0.39, 0.29) is 11.6 Å². The molecule has 0 saturated carbocycles. The Morgan fingerprint density at radius 1 is 1.22 bits per heavy atom. The van der Waals surface area contributed by atoms with E-state index in [1.807, 2.05) is 4.98 Å². The molecule has 2 aromatic rings. The molecule has 7 heteroatoms. The van der Waals surface area contributed by atoms with Crippen LogP contribution in [0.1, 0.15) is 5.56 Å². The predicted molar refractivity (Wildman–Crippen MR) is 66.8 cm³/mol. The van der Waals surface area contributed by atoms with Crippen molar-refractivity contribution >= 4 is 23.2 Å². The van der Waals surface area contributed by atoms with Crippen LogP contribution in [0.2, 0.25) is 10.0 Å². The molecular formula is C11H7Cl2FN2O2. The highest BCUT2D eigenvalue weighted by Crippen LogP contribution is 2.17. The smallest absolute Gasteiger partial charge is 0.295 e. The van der Waals surface area contributed by atoms with Crippen molar-refractivity contribution in [3.05, 3.63) is 66.7 Å². The van der Waals surface area contributed by atoms with Crippen molar-refractivity contribution in [1.29, 1.82) is 0 Å². The number of rotatable bonds is 2. The van der Waals surface area contributed by atoms with Gasteiger partial charge in [0, 0.05) is 11.2 Å². The molecule has 1 heterocycles. The first-order valence-electron chi connectivity index (χ1n) is 4.90. The number of nitrogens with zero attached hydrogens (tertiary/aromatic N) is 1. The Morgan fingerprint density at radius 2 is 1.94 bits per heavy atom. The lowest BCUT2D eigenvalue weighted by Crippen LogP contribution is -2.30. The number of hydrogen-bond acceptors (Lipinski definition) is 2. The Morgan fingerprint density at radius 3 is 2.67 bits per heavy atom. The molecular weight excluding hydrogens is 282 g/mol. The molecule has 4 nitrogen and oxygen atoms in total. The summed E-state index contributed by atoms with van der Waals surface area (Å²) in [5, 5.41) is 0.202. The van der Waals surface area contributed by atoms with Gasteiger partial charge in [-0.15, -0.1) is 0 Å². The number of H-pyrrole nitrogens is 1. The molecule has 0 radical (unpaired) electrons. The van der Waals surface area contributed by atoms with Gasteiger partial charge in [0.05, 0.1) is 6.54 Å². The Kier molecular flexibility index (Phi) is 3.54. The van der Waals surface area contributed by atoms with Gasteiger partial charge in [-0.25, -0.2) is 9.18 Å². The summed E-state index contributed by atoms with van der Waals surface area (Å²) in [6, 6.07) is 3.83. The highest BCUT2D eigenvalue weighted by atomic mass is 35.5. The quantitative estimate of drug-likeness (QED) is 0.919. The van der Waals surface area contributed by atoms with Crippen LogP contribution in [0.15, 0.2) is 34.0 Å². The van der Waals surface area contributed by atoms with Gasteiger partial charge >= 0.3 is 5.69 Å². The van der Waals surface area contributed by atoms with Gasteiger partial charge in [-0.3, -0.25) is 14.3 Å². The van der Waals surface area contributed by atoms with Gasteiger partial charge in [-0.05, 0) is 23.8 Å². The molecule has 1 aromatic carbocycles. The van der Waals surface area contributed by atoms with E-state index in [0.717, 1.165) is 4.57 Å². The van der Waals surface area contributed by atoms with Crippen LogP contribution in [-0.2, 0) is 6.54 Å². The third-order valence-corrected chi connectivity index (χ3v) is 2.95. The lowest BCUT2D eigenvalue weighted by Gasteiger charge is -2.07. The average Bonchev–Trinajstić information content (AvgIpc) is 2.30. The summed E-state index contributed by atoms with van der Waals surface area (Å²) in [5.41, 5.74) is -0.880. The predicted octanol–water partition coefficient (Wildman–Crippen LogP) is 2.03. The van der Waals surface area contributed by atoms with Crippen molar-refractivity contribution in [2.45, 2.75) is 6.54 Å².